The van der Waals surface area contributed by atoms with Crippen molar-refractivity contribution in [2.24, 2.45) is 0 Å². The van der Waals surface area contributed by atoms with E-state index in [1.807, 2.05) is 12.1 Å². The summed E-state index contributed by atoms with van der Waals surface area (Å²) in [7, 11) is 0. The first-order chi connectivity index (χ1) is 9.26. The van der Waals surface area contributed by atoms with E-state index < -0.39 is 0 Å². The van der Waals surface area contributed by atoms with Crippen LogP contribution in [0.4, 0.5) is 5.69 Å². The average Bonchev–Trinajstić information content (AvgIpc) is 2.47. The molecule has 0 aliphatic carbocycles. The second kappa shape index (κ2) is 6.22. The van der Waals surface area contributed by atoms with Crippen LogP contribution in [-0.2, 0) is 4.74 Å². The zero-order valence-corrected chi connectivity index (χ0v) is 11.0. The van der Waals surface area contributed by atoms with Crippen molar-refractivity contribution in [3.63, 3.8) is 0 Å². The van der Waals surface area contributed by atoms with Gasteiger partial charge in [0.15, 0.2) is 0 Å². The molecule has 98 valence electrons. The highest BCUT2D eigenvalue weighted by atomic mass is 16.5. The van der Waals surface area contributed by atoms with E-state index in [9.17, 15) is 0 Å². The van der Waals surface area contributed by atoms with Crippen molar-refractivity contribution in [1.29, 1.82) is 10.5 Å². The van der Waals surface area contributed by atoms with Crippen LogP contribution >= 0.6 is 0 Å². The summed E-state index contributed by atoms with van der Waals surface area (Å²) >= 11 is 0. The van der Waals surface area contributed by atoms with Crippen molar-refractivity contribution in [1.82, 2.24) is 0 Å². The second-order valence-corrected chi connectivity index (χ2v) is 4.75. The third-order valence-corrected chi connectivity index (χ3v) is 3.45. The fraction of sp³-hybridized carbons (Fsp3) is 0.467. The van der Waals surface area contributed by atoms with Crippen LogP contribution in [0.2, 0.25) is 0 Å². The number of hydrogen-bond acceptors (Lipinski definition) is 4. The van der Waals surface area contributed by atoms with Crippen LogP contribution in [0.15, 0.2) is 18.2 Å². The lowest BCUT2D eigenvalue weighted by Gasteiger charge is -2.30. The molecule has 0 amide bonds. The molecule has 0 aromatic heterocycles. The first-order valence-corrected chi connectivity index (χ1v) is 6.59. The van der Waals surface area contributed by atoms with E-state index in [1.165, 1.54) is 0 Å². The van der Waals surface area contributed by atoms with Gasteiger partial charge < -0.3 is 10.1 Å². The third kappa shape index (κ3) is 3.24. The molecule has 1 saturated heterocycles. The zero-order chi connectivity index (χ0) is 13.7. The number of ether oxygens (including phenoxy) is 1. The van der Waals surface area contributed by atoms with E-state index in [-0.39, 0.29) is 0 Å². The molecule has 19 heavy (non-hydrogen) atoms. The summed E-state index contributed by atoms with van der Waals surface area (Å²) in [6.07, 6.45) is 3.30. The number of nitrogens with one attached hydrogen (secondary N) is 1. The van der Waals surface area contributed by atoms with Crippen LogP contribution in [0.5, 0.6) is 0 Å². The number of anilines is 1. The normalized spacial score (nSPS) is 22.3. The van der Waals surface area contributed by atoms with Crippen molar-refractivity contribution >= 4 is 5.69 Å². The molecule has 1 heterocycles. The lowest BCUT2D eigenvalue weighted by atomic mass is 10.0. The Balaban J connectivity index is 2.07. The maximum Gasteiger partial charge on any atom is 0.101 e. The van der Waals surface area contributed by atoms with Gasteiger partial charge in [0.25, 0.3) is 0 Å². The summed E-state index contributed by atoms with van der Waals surface area (Å²) in [5, 5.41) is 21.3. The van der Waals surface area contributed by atoms with Gasteiger partial charge in [-0.05, 0) is 37.5 Å². The van der Waals surface area contributed by atoms with Crippen LogP contribution in [0.1, 0.15) is 37.3 Å². The van der Waals surface area contributed by atoms with E-state index in [1.54, 1.807) is 12.1 Å². The molecule has 1 aromatic rings. The van der Waals surface area contributed by atoms with E-state index in [2.05, 4.69) is 18.3 Å². The molecule has 4 nitrogen and oxygen atoms in total. The summed E-state index contributed by atoms with van der Waals surface area (Å²) in [5.41, 5.74) is 1.75. The lowest BCUT2D eigenvalue weighted by Crippen LogP contribution is -2.33. The molecule has 4 heteroatoms. The highest BCUT2D eigenvalue weighted by molar-refractivity contribution is 5.56. The van der Waals surface area contributed by atoms with Crippen LogP contribution in [-0.4, -0.2) is 18.8 Å². The van der Waals surface area contributed by atoms with Crippen molar-refractivity contribution in [2.45, 2.75) is 38.3 Å². The van der Waals surface area contributed by atoms with Crippen LogP contribution < -0.4 is 5.32 Å². The van der Waals surface area contributed by atoms with E-state index in [0.29, 0.717) is 23.3 Å². The molecule has 1 aliphatic rings. The number of nitrogens with zero attached hydrogens (tertiary/aromatic N) is 2. The van der Waals surface area contributed by atoms with Gasteiger partial charge in [0.05, 0.1) is 17.2 Å². The Labute approximate surface area is 113 Å². The van der Waals surface area contributed by atoms with Gasteiger partial charge in [-0.15, -0.1) is 0 Å². The SMILES string of the molecule is CCC1CC(Nc2ccc(C#N)c(C#N)c2)CCO1. The molecule has 1 aliphatic heterocycles. The van der Waals surface area contributed by atoms with Gasteiger partial charge in [-0.1, -0.05) is 6.92 Å². The van der Waals surface area contributed by atoms with Gasteiger partial charge in [-0.25, -0.2) is 0 Å². The zero-order valence-electron chi connectivity index (χ0n) is 11.0. The summed E-state index contributed by atoms with van der Waals surface area (Å²) in [6.45, 7) is 2.90. The fourth-order valence-electron chi connectivity index (χ4n) is 2.36. The number of hydrogen-bond donors (Lipinski definition) is 1. The van der Waals surface area contributed by atoms with E-state index >= 15 is 0 Å². The van der Waals surface area contributed by atoms with E-state index in [4.69, 9.17) is 15.3 Å². The van der Waals surface area contributed by atoms with Gasteiger partial charge in [-0.3, -0.25) is 0 Å². The molecule has 1 N–H and O–H groups in total. The minimum Gasteiger partial charge on any atom is -0.382 e. The van der Waals surface area contributed by atoms with Crippen molar-refractivity contribution in [3.05, 3.63) is 29.3 Å². The third-order valence-electron chi connectivity index (χ3n) is 3.45. The molecule has 0 saturated carbocycles. The predicted octanol–water partition coefficient (Wildman–Crippen LogP) is 2.80. The van der Waals surface area contributed by atoms with Crippen molar-refractivity contribution in [3.8, 4) is 12.1 Å². The van der Waals surface area contributed by atoms with Gasteiger partial charge in [-0.2, -0.15) is 10.5 Å². The Morgan fingerprint density at radius 3 is 2.79 bits per heavy atom. The number of rotatable bonds is 3. The standard InChI is InChI=1S/C15H17N3O/c1-2-15-8-14(5-6-19-15)18-13-4-3-11(9-16)12(7-13)10-17/h3-4,7,14-15,18H,2,5-6,8H2,1H3. The van der Waals surface area contributed by atoms with E-state index in [0.717, 1.165) is 31.6 Å². The first kappa shape index (κ1) is 13.4. The van der Waals surface area contributed by atoms with Crippen LogP contribution in [0.25, 0.3) is 0 Å². The Morgan fingerprint density at radius 1 is 1.32 bits per heavy atom. The topological polar surface area (TPSA) is 68.8 Å². The molecule has 2 unspecified atom stereocenters. The number of nitriles is 2. The summed E-state index contributed by atoms with van der Waals surface area (Å²) < 4.78 is 5.64. The highest BCUT2D eigenvalue weighted by Gasteiger charge is 2.21. The first-order valence-electron chi connectivity index (χ1n) is 6.59. The molecular weight excluding hydrogens is 238 g/mol. The molecule has 1 aromatic carbocycles. The van der Waals surface area contributed by atoms with Crippen LogP contribution in [0.3, 0.4) is 0 Å². The van der Waals surface area contributed by atoms with Gasteiger partial charge >= 0.3 is 0 Å². The lowest BCUT2D eigenvalue weighted by molar-refractivity contribution is 0.00926. The Morgan fingerprint density at radius 2 is 2.11 bits per heavy atom. The van der Waals surface area contributed by atoms with Crippen molar-refractivity contribution in [2.75, 3.05) is 11.9 Å². The maximum absolute atomic E-state index is 9.01. The monoisotopic (exact) mass is 255 g/mol. The molecule has 0 radical (unpaired) electrons. The summed E-state index contributed by atoms with van der Waals surface area (Å²) in [6, 6.07) is 9.75. The van der Waals surface area contributed by atoms with Gasteiger partial charge in [0, 0.05) is 18.3 Å². The van der Waals surface area contributed by atoms with Gasteiger partial charge in [0.2, 0.25) is 0 Å². The minimum atomic E-state index is 0.320. The molecule has 2 atom stereocenters. The fourth-order valence-corrected chi connectivity index (χ4v) is 2.36. The van der Waals surface area contributed by atoms with Gasteiger partial charge in [0.1, 0.15) is 12.1 Å². The molecular formula is C15H17N3O. The smallest absolute Gasteiger partial charge is 0.101 e. The second-order valence-electron chi connectivity index (χ2n) is 4.75. The number of benzene rings is 1. The predicted molar refractivity (Wildman–Crippen MR) is 72.5 cm³/mol. The minimum absolute atomic E-state index is 0.320. The quantitative estimate of drug-likeness (QED) is 0.901. The summed E-state index contributed by atoms with van der Waals surface area (Å²) in [4.78, 5) is 0. The van der Waals surface area contributed by atoms with Crippen molar-refractivity contribution < 1.29 is 4.74 Å². The Kier molecular flexibility index (Phi) is 4.39. The average molecular weight is 255 g/mol. The molecule has 2 rings (SSSR count). The Hall–Kier alpha value is -2.04. The highest BCUT2D eigenvalue weighted by Crippen LogP contribution is 2.22. The largest absolute Gasteiger partial charge is 0.382 e. The van der Waals surface area contributed by atoms with Crippen LogP contribution in [0, 0.1) is 22.7 Å². The molecule has 1 fully saturated rings. The summed E-state index contributed by atoms with van der Waals surface area (Å²) in [5.74, 6) is 0. The Bertz CT molecular complexity index is 527. The maximum atomic E-state index is 9.01. The molecule has 0 spiro atoms. The molecule has 0 bridgehead atoms.